The van der Waals surface area contributed by atoms with Crippen molar-refractivity contribution in [3.8, 4) is 0 Å². The van der Waals surface area contributed by atoms with Crippen molar-refractivity contribution in [2.24, 2.45) is 0 Å². The highest BCUT2D eigenvalue weighted by Gasteiger charge is 2.47. The number of unbranched alkanes of at least 4 members (excludes halogenated alkanes) is 6. The third-order valence-electron chi connectivity index (χ3n) is 4.70. The first kappa shape index (κ1) is 17.0. The van der Waals surface area contributed by atoms with Crippen molar-refractivity contribution < 1.29 is 9.47 Å². The predicted octanol–water partition coefficient (Wildman–Crippen LogP) is 5.41. The Morgan fingerprint density at radius 3 is 2.14 bits per heavy atom. The first-order valence-corrected chi connectivity index (χ1v) is 9.31. The van der Waals surface area contributed by atoms with E-state index in [9.17, 15) is 0 Å². The minimum absolute atomic E-state index is 0.482. The van der Waals surface area contributed by atoms with Crippen molar-refractivity contribution in [1.29, 1.82) is 0 Å². The van der Waals surface area contributed by atoms with Crippen LogP contribution in [0, 0.1) is 0 Å². The van der Waals surface area contributed by atoms with Crippen molar-refractivity contribution >= 4 is 0 Å². The lowest BCUT2D eigenvalue weighted by atomic mass is 10.0. The molecule has 21 heavy (non-hydrogen) atoms. The van der Waals surface area contributed by atoms with E-state index in [0.29, 0.717) is 24.4 Å². The van der Waals surface area contributed by atoms with Crippen LogP contribution in [0.3, 0.4) is 0 Å². The molecular weight excluding hydrogens is 260 g/mol. The second kappa shape index (κ2) is 9.63. The number of epoxide rings is 2. The lowest BCUT2D eigenvalue weighted by Crippen LogP contribution is -2.01. The fourth-order valence-electron chi connectivity index (χ4n) is 3.16. The summed E-state index contributed by atoms with van der Waals surface area (Å²) < 4.78 is 11.5. The second-order valence-electron chi connectivity index (χ2n) is 6.69. The summed E-state index contributed by atoms with van der Waals surface area (Å²) in [6, 6.07) is 0. The standard InChI is InChI=1S/C19H34O2/c1-3-5-7-8-9-10-12-14-17-19(21-17)15-18-16(20-18)13-11-6-4-2/h6,11,16-19H,3-5,7-10,12-15H2,1-2H3/b11-6-. The van der Waals surface area contributed by atoms with Gasteiger partial charge in [0.1, 0.15) is 0 Å². The van der Waals surface area contributed by atoms with Gasteiger partial charge < -0.3 is 9.47 Å². The Balaban J connectivity index is 1.38. The molecule has 2 saturated heterocycles. The van der Waals surface area contributed by atoms with Gasteiger partial charge in [-0.1, -0.05) is 70.9 Å². The van der Waals surface area contributed by atoms with Gasteiger partial charge in [0, 0.05) is 6.42 Å². The molecule has 0 N–H and O–H groups in total. The van der Waals surface area contributed by atoms with E-state index in [0.717, 1.165) is 19.3 Å². The third-order valence-corrected chi connectivity index (χ3v) is 4.70. The van der Waals surface area contributed by atoms with Crippen molar-refractivity contribution in [3.05, 3.63) is 12.2 Å². The summed E-state index contributed by atoms with van der Waals surface area (Å²) >= 11 is 0. The van der Waals surface area contributed by atoms with Gasteiger partial charge in [0.2, 0.25) is 0 Å². The van der Waals surface area contributed by atoms with Gasteiger partial charge in [-0.05, 0) is 19.3 Å². The summed E-state index contributed by atoms with van der Waals surface area (Å²) in [7, 11) is 0. The molecule has 2 rings (SSSR count). The molecule has 2 aliphatic heterocycles. The number of hydrogen-bond acceptors (Lipinski definition) is 2. The molecule has 122 valence electrons. The Labute approximate surface area is 131 Å². The molecular formula is C19H34O2. The zero-order valence-corrected chi connectivity index (χ0v) is 14.1. The lowest BCUT2D eigenvalue weighted by molar-refractivity contribution is 0.320. The normalized spacial score (nSPS) is 31.0. The molecule has 2 nitrogen and oxygen atoms in total. The molecule has 0 saturated carbocycles. The van der Waals surface area contributed by atoms with Gasteiger partial charge >= 0.3 is 0 Å². The van der Waals surface area contributed by atoms with Crippen molar-refractivity contribution in [2.75, 3.05) is 0 Å². The lowest BCUT2D eigenvalue weighted by Gasteiger charge is -1.99. The summed E-state index contributed by atoms with van der Waals surface area (Å²) in [5.41, 5.74) is 0. The molecule has 0 aromatic rings. The van der Waals surface area contributed by atoms with Gasteiger partial charge in [-0.25, -0.2) is 0 Å². The Morgan fingerprint density at radius 2 is 1.38 bits per heavy atom. The van der Waals surface area contributed by atoms with Crippen LogP contribution in [0.15, 0.2) is 12.2 Å². The Hall–Kier alpha value is -0.340. The molecule has 2 heteroatoms. The molecule has 4 unspecified atom stereocenters. The molecule has 2 aliphatic rings. The zero-order valence-electron chi connectivity index (χ0n) is 14.1. The van der Waals surface area contributed by atoms with E-state index in [1.807, 2.05) is 0 Å². The van der Waals surface area contributed by atoms with Gasteiger partial charge in [0.05, 0.1) is 24.4 Å². The van der Waals surface area contributed by atoms with Crippen LogP contribution in [0.1, 0.15) is 84.5 Å². The molecule has 2 fully saturated rings. The fourth-order valence-corrected chi connectivity index (χ4v) is 3.16. The highest BCUT2D eigenvalue weighted by Crippen LogP contribution is 2.38. The van der Waals surface area contributed by atoms with Gasteiger partial charge in [-0.3, -0.25) is 0 Å². The average Bonchev–Trinajstić information content (AvgIpc) is 3.39. The Kier molecular flexibility index (Phi) is 7.81. The van der Waals surface area contributed by atoms with Crippen molar-refractivity contribution in [1.82, 2.24) is 0 Å². The van der Waals surface area contributed by atoms with Crippen LogP contribution in [0.5, 0.6) is 0 Å². The summed E-state index contributed by atoms with van der Waals surface area (Å²) in [4.78, 5) is 0. The molecule has 0 bridgehead atoms. The van der Waals surface area contributed by atoms with Crippen LogP contribution in [0.2, 0.25) is 0 Å². The second-order valence-corrected chi connectivity index (χ2v) is 6.69. The highest BCUT2D eigenvalue weighted by atomic mass is 16.6. The van der Waals surface area contributed by atoms with Crippen LogP contribution >= 0.6 is 0 Å². The van der Waals surface area contributed by atoms with Gasteiger partial charge in [-0.2, -0.15) is 0 Å². The minimum atomic E-state index is 0.482. The number of hydrogen-bond donors (Lipinski definition) is 0. The maximum absolute atomic E-state index is 5.79. The van der Waals surface area contributed by atoms with Crippen molar-refractivity contribution in [2.45, 2.75) is 109 Å². The summed E-state index contributed by atoms with van der Waals surface area (Å²) in [5, 5.41) is 0. The first-order valence-electron chi connectivity index (χ1n) is 9.31. The monoisotopic (exact) mass is 294 g/mol. The molecule has 0 aromatic carbocycles. The van der Waals surface area contributed by atoms with E-state index >= 15 is 0 Å². The van der Waals surface area contributed by atoms with E-state index in [4.69, 9.17) is 9.47 Å². The molecule has 2 heterocycles. The van der Waals surface area contributed by atoms with Gasteiger partial charge in [0.25, 0.3) is 0 Å². The molecule has 0 radical (unpaired) electrons. The maximum Gasteiger partial charge on any atom is 0.0877 e. The smallest absolute Gasteiger partial charge is 0.0877 e. The molecule has 4 atom stereocenters. The van der Waals surface area contributed by atoms with Gasteiger partial charge in [0.15, 0.2) is 0 Å². The Bertz CT molecular complexity index is 300. The predicted molar refractivity (Wildman–Crippen MR) is 88.6 cm³/mol. The summed E-state index contributed by atoms with van der Waals surface area (Å²) in [5.74, 6) is 0. The van der Waals surface area contributed by atoms with Crippen LogP contribution < -0.4 is 0 Å². The summed E-state index contributed by atoms with van der Waals surface area (Å²) in [6.45, 7) is 4.45. The minimum Gasteiger partial charge on any atom is -0.369 e. The average molecular weight is 294 g/mol. The fraction of sp³-hybridized carbons (Fsp3) is 0.895. The quantitative estimate of drug-likeness (QED) is 0.258. The maximum atomic E-state index is 5.79. The Morgan fingerprint density at radius 1 is 0.714 bits per heavy atom. The van der Waals surface area contributed by atoms with E-state index in [1.54, 1.807) is 0 Å². The highest BCUT2D eigenvalue weighted by molar-refractivity contribution is 4.98. The number of allylic oxidation sites excluding steroid dienone is 1. The largest absolute Gasteiger partial charge is 0.369 e. The molecule has 0 aliphatic carbocycles. The zero-order chi connectivity index (χ0) is 14.9. The number of ether oxygens (including phenoxy) is 2. The summed E-state index contributed by atoms with van der Waals surface area (Å²) in [6.07, 6.45) is 20.9. The van der Waals surface area contributed by atoms with E-state index in [-0.39, 0.29) is 0 Å². The van der Waals surface area contributed by atoms with E-state index in [1.165, 1.54) is 51.4 Å². The third kappa shape index (κ3) is 6.97. The number of rotatable bonds is 13. The molecule has 0 amide bonds. The van der Waals surface area contributed by atoms with E-state index < -0.39 is 0 Å². The van der Waals surface area contributed by atoms with E-state index in [2.05, 4.69) is 26.0 Å². The van der Waals surface area contributed by atoms with Crippen LogP contribution in [0.25, 0.3) is 0 Å². The molecule has 0 spiro atoms. The van der Waals surface area contributed by atoms with Crippen LogP contribution in [0.4, 0.5) is 0 Å². The topological polar surface area (TPSA) is 25.1 Å². The van der Waals surface area contributed by atoms with Crippen LogP contribution in [-0.4, -0.2) is 24.4 Å². The van der Waals surface area contributed by atoms with Crippen molar-refractivity contribution in [3.63, 3.8) is 0 Å². The molecule has 0 aromatic heterocycles. The van der Waals surface area contributed by atoms with Crippen LogP contribution in [-0.2, 0) is 9.47 Å². The first-order chi connectivity index (χ1) is 10.3. The van der Waals surface area contributed by atoms with Gasteiger partial charge in [-0.15, -0.1) is 0 Å². The SMILES string of the molecule is CC/C=C\CC1OC1CC1OC1CCCCCCCCC.